The number of ether oxygens (including phenoxy) is 2. The van der Waals surface area contributed by atoms with E-state index < -0.39 is 0 Å². The van der Waals surface area contributed by atoms with Crippen molar-refractivity contribution in [3.63, 3.8) is 0 Å². The number of ketones is 1. The summed E-state index contributed by atoms with van der Waals surface area (Å²) in [5, 5.41) is 5.65. The van der Waals surface area contributed by atoms with Crippen LogP contribution in [-0.2, 0) is 23.9 Å². The first-order chi connectivity index (χ1) is 11.9. The van der Waals surface area contributed by atoms with E-state index in [0.717, 1.165) is 12.8 Å². The van der Waals surface area contributed by atoms with Gasteiger partial charge in [0.15, 0.2) is 0 Å². The molecule has 2 N–H and O–H groups in total. The summed E-state index contributed by atoms with van der Waals surface area (Å²) >= 11 is 0. The van der Waals surface area contributed by atoms with Gasteiger partial charge in [-0.25, -0.2) is 0 Å². The molecule has 7 nitrogen and oxygen atoms in total. The molecular weight excluding hydrogens is 324 g/mol. The molecule has 0 aliphatic heterocycles. The molecule has 7 heteroatoms. The number of amides is 2. The molecule has 1 aliphatic carbocycles. The molecule has 0 bridgehead atoms. The van der Waals surface area contributed by atoms with Crippen molar-refractivity contribution in [1.82, 2.24) is 10.6 Å². The Morgan fingerprint density at radius 2 is 1.64 bits per heavy atom. The summed E-state index contributed by atoms with van der Waals surface area (Å²) in [7, 11) is 0. The zero-order chi connectivity index (χ0) is 18.7. The van der Waals surface area contributed by atoms with Gasteiger partial charge in [-0.15, -0.1) is 0 Å². The van der Waals surface area contributed by atoms with Gasteiger partial charge in [0.2, 0.25) is 11.8 Å². The maximum Gasteiger partial charge on any atom is 0.222 e. The fraction of sp³-hybridized carbons (Fsp3) is 0.833. The first-order valence-electron chi connectivity index (χ1n) is 9.19. The third-order valence-corrected chi connectivity index (χ3v) is 4.21. The maximum absolute atomic E-state index is 11.8. The summed E-state index contributed by atoms with van der Waals surface area (Å²) in [6, 6.07) is 0.127. The van der Waals surface area contributed by atoms with Crippen LogP contribution in [0.1, 0.15) is 46.5 Å². The predicted molar refractivity (Wildman–Crippen MR) is 94.1 cm³/mol. The number of rotatable bonds is 13. The Kier molecular flexibility index (Phi) is 10.3. The average molecular weight is 356 g/mol. The van der Waals surface area contributed by atoms with Crippen LogP contribution in [0.25, 0.3) is 0 Å². The van der Waals surface area contributed by atoms with Crippen molar-refractivity contribution in [3.8, 4) is 0 Å². The third kappa shape index (κ3) is 8.97. The van der Waals surface area contributed by atoms with Crippen molar-refractivity contribution in [2.24, 2.45) is 11.8 Å². The van der Waals surface area contributed by atoms with E-state index in [4.69, 9.17) is 9.47 Å². The van der Waals surface area contributed by atoms with Crippen LogP contribution in [0.2, 0.25) is 0 Å². The molecule has 0 spiro atoms. The smallest absolute Gasteiger partial charge is 0.222 e. The number of nitrogens with one attached hydrogen (secondary N) is 2. The highest BCUT2D eigenvalue weighted by Gasteiger charge is 2.35. The SMILES string of the molecule is CCC(=O)NCCOCCOCCC(=O)NC1CC(C(=O)C(C)C)C1. The van der Waals surface area contributed by atoms with Gasteiger partial charge in [-0.1, -0.05) is 20.8 Å². The van der Waals surface area contributed by atoms with E-state index in [0.29, 0.717) is 51.6 Å². The van der Waals surface area contributed by atoms with E-state index in [1.807, 2.05) is 13.8 Å². The summed E-state index contributed by atoms with van der Waals surface area (Å²) < 4.78 is 10.7. The standard InChI is InChI=1S/C18H32N2O5/c1-4-16(21)19-6-8-25-10-9-24-7-5-17(22)20-15-11-14(12-15)18(23)13(2)3/h13-15H,4-12H2,1-3H3,(H,19,21)(H,20,22). The van der Waals surface area contributed by atoms with Crippen molar-refractivity contribution < 1.29 is 23.9 Å². The molecule has 0 unspecified atom stereocenters. The van der Waals surface area contributed by atoms with Crippen molar-refractivity contribution in [2.75, 3.05) is 33.0 Å². The molecule has 1 rings (SSSR count). The number of hydrogen-bond donors (Lipinski definition) is 2. The normalized spacial score (nSPS) is 19.4. The van der Waals surface area contributed by atoms with E-state index in [1.54, 1.807) is 6.92 Å². The highest BCUT2D eigenvalue weighted by molar-refractivity contribution is 5.84. The van der Waals surface area contributed by atoms with E-state index in [2.05, 4.69) is 10.6 Å². The van der Waals surface area contributed by atoms with Gasteiger partial charge in [0.25, 0.3) is 0 Å². The molecule has 1 aliphatic rings. The summed E-state index contributed by atoms with van der Waals surface area (Å²) in [5.41, 5.74) is 0. The summed E-state index contributed by atoms with van der Waals surface area (Å²) in [4.78, 5) is 34.5. The van der Waals surface area contributed by atoms with Crippen molar-refractivity contribution in [3.05, 3.63) is 0 Å². The monoisotopic (exact) mass is 356 g/mol. The molecule has 0 aromatic rings. The fourth-order valence-corrected chi connectivity index (χ4v) is 2.61. The van der Waals surface area contributed by atoms with E-state index in [-0.39, 0.29) is 29.7 Å². The van der Waals surface area contributed by atoms with Gasteiger partial charge in [-0.2, -0.15) is 0 Å². The highest BCUT2D eigenvalue weighted by atomic mass is 16.5. The van der Waals surface area contributed by atoms with Crippen LogP contribution >= 0.6 is 0 Å². The van der Waals surface area contributed by atoms with Crippen LogP contribution in [0, 0.1) is 11.8 Å². The zero-order valence-electron chi connectivity index (χ0n) is 15.6. The second-order valence-electron chi connectivity index (χ2n) is 6.67. The van der Waals surface area contributed by atoms with Crippen LogP contribution in [0.5, 0.6) is 0 Å². The molecule has 0 aromatic carbocycles. The van der Waals surface area contributed by atoms with Gasteiger partial charge >= 0.3 is 0 Å². The van der Waals surface area contributed by atoms with E-state index >= 15 is 0 Å². The molecule has 144 valence electrons. The number of carbonyl (C=O) groups excluding carboxylic acids is 3. The second kappa shape index (κ2) is 12.0. The lowest BCUT2D eigenvalue weighted by Gasteiger charge is -2.35. The molecule has 0 aromatic heterocycles. The van der Waals surface area contributed by atoms with Gasteiger partial charge in [-0.3, -0.25) is 14.4 Å². The summed E-state index contributed by atoms with van der Waals surface area (Å²) in [6.45, 7) is 7.78. The van der Waals surface area contributed by atoms with Gasteiger partial charge in [0.1, 0.15) is 5.78 Å². The van der Waals surface area contributed by atoms with Crippen LogP contribution < -0.4 is 10.6 Å². The number of carbonyl (C=O) groups is 3. The first-order valence-corrected chi connectivity index (χ1v) is 9.19. The molecule has 0 heterocycles. The lowest BCUT2D eigenvalue weighted by molar-refractivity contribution is -0.131. The Bertz CT molecular complexity index is 433. The molecule has 1 fully saturated rings. The molecule has 0 atom stereocenters. The second-order valence-corrected chi connectivity index (χ2v) is 6.67. The van der Waals surface area contributed by atoms with E-state index in [9.17, 15) is 14.4 Å². The molecule has 2 amide bonds. The molecule has 0 radical (unpaired) electrons. The van der Waals surface area contributed by atoms with Crippen molar-refractivity contribution in [2.45, 2.75) is 52.5 Å². The minimum absolute atomic E-state index is 0.0113. The third-order valence-electron chi connectivity index (χ3n) is 4.21. The number of Topliss-reactive ketones (excluding diaryl/α,β-unsaturated/α-hetero) is 1. The van der Waals surface area contributed by atoms with Gasteiger partial charge in [0.05, 0.1) is 26.4 Å². The summed E-state index contributed by atoms with van der Waals surface area (Å²) in [5.74, 6) is 0.449. The minimum atomic E-state index is -0.0383. The van der Waals surface area contributed by atoms with Crippen molar-refractivity contribution in [1.29, 1.82) is 0 Å². The Morgan fingerprint density at radius 3 is 2.24 bits per heavy atom. The summed E-state index contributed by atoms with van der Waals surface area (Å²) in [6.07, 6.45) is 2.30. The fourth-order valence-electron chi connectivity index (χ4n) is 2.61. The Morgan fingerprint density at radius 1 is 1.00 bits per heavy atom. The van der Waals surface area contributed by atoms with Crippen LogP contribution in [-0.4, -0.2) is 56.6 Å². The Hall–Kier alpha value is -1.47. The largest absolute Gasteiger partial charge is 0.379 e. The average Bonchev–Trinajstić information content (AvgIpc) is 2.55. The number of hydrogen-bond acceptors (Lipinski definition) is 5. The van der Waals surface area contributed by atoms with Gasteiger partial charge < -0.3 is 20.1 Å². The van der Waals surface area contributed by atoms with Gasteiger partial charge in [-0.05, 0) is 12.8 Å². The van der Waals surface area contributed by atoms with E-state index in [1.165, 1.54) is 0 Å². The zero-order valence-corrected chi connectivity index (χ0v) is 15.6. The van der Waals surface area contributed by atoms with Crippen LogP contribution in [0.4, 0.5) is 0 Å². The van der Waals surface area contributed by atoms with Crippen molar-refractivity contribution >= 4 is 17.6 Å². The van der Waals surface area contributed by atoms with Crippen LogP contribution in [0.3, 0.4) is 0 Å². The lowest BCUT2D eigenvalue weighted by atomic mass is 9.75. The minimum Gasteiger partial charge on any atom is -0.379 e. The first kappa shape index (κ1) is 21.6. The molecular formula is C18H32N2O5. The Labute approximate surface area is 150 Å². The Balaban J connectivity index is 1.90. The van der Waals surface area contributed by atoms with Gasteiger partial charge in [0, 0.05) is 37.3 Å². The highest BCUT2D eigenvalue weighted by Crippen LogP contribution is 2.30. The maximum atomic E-state index is 11.8. The quantitative estimate of drug-likeness (QED) is 0.481. The topological polar surface area (TPSA) is 93.7 Å². The molecule has 0 saturated heterocycles. The molecule has 25 heavy (non-hydrogen) atoms. The predicted octanol–water partition coefficient (Wildman–Crippen LogP) is 1.06. The molecule has 1 saturated carbocycles. The lowest BCUT2D eigenvalue weighted by Crippen LogP contribution is -2.47. The van der Waals surface area contributed by atoms with Crippen LogP contribution in [0.15, 0.2) is 0 Å².